The third kappa shape index (κ3) is 3.85. The Balaban J connectivity index is 1.50. The Morgan fingerprint density at radius 2 is 1.69 bits per heavy atom. The van der Waals surface area contributed by atoms with Crippen molar-refractivity contribution in [3.63, 3.8) is 0 Å². The number of allylic oxidation sites excluding steroid dienone is 1. The molecule has 39 heavy (non-hydrogen) atoms. The molecule has 2 aromatic rings. The largest absolute Gasteiger partial charge is 0.381 e. The van der Waals surface area contributed by atoms with E-state index in [9.17, 15) is 9.90 Å². The van der Waals surface area contributed by atoms with E-state index < -0.39 is 41.0 Å². The summed E-state index contributed by atoms with van der Waals surface area (Å²) >= 11 is 0. The van der Waals surface area contributed by atoms with Gasteiger partial charge in [0.05, 0.1) is 24.2 Å². The van der Waals surface area contributed by atoms with Crippen molar-refractivity contribution in [2.75, 3.05) is 0 Å². The van der Waals surface area contributed by atoms with Crippen LogP contribution in [0, 0.1) is 16.7 Å². The Bertz CT molecular complexity index is 1300. The number of aliphatic hydroxyl groups is 1. The molecule has 0 radical (unpaired) electrons. The molecule has 2 saturated carbocycles. The van der Waals surface area contributed by atoms with Crippen LogP contribution in [0.5, 0.6) is 0 Å². The molecule has 0 aromatic heterocycles. The predicted molar refractivity (Wildman–Crippen MR) is 150 cm³/mol. The number of ether oxygens (including phenoxy) is 3. The lowest BCUT2D eigenvalue weighted by molar-refractivity contribution is -0.178. The molecular weight excluding hydrogens is 488 g/mol. The minimum absolute atomic E-state index is 0.198. The van der Waals surface area contributed by atoms with Gasteiger partial charge in [-0.15, -0.1) is 0 Å². The van der Waals surface area contributed by atoms with Crippen LogP contribution in [0.25, 0.3) is 0 Å². The van der Waals surface area contributed by atoms with E-state index in [2.05, 4.69) is 20.4 Å². The molecule has 1 spiro atoms. The van der Waals surface area contributed by atoms with Crippen LogP contribution in [-0.4, -0.2) is 34.8 Å². The van der Waals surface area contributed by atoms with Crippen LogP contribution in [0.2, 0.25) is 0 Å². The van der Waals surface area contributed by atoms with Crippen molar-refractivity contribution in [1.29, 1.82) is 0 Å². The molecule has 2 bridgehead atoms. The Hall–Kier alpha value is -2.57. The van der Waals surface area contributed by atoms with E-state index >= 15 is 0 Å². The van der Waals surface area contributed by atoms with Crippen LogP contribution in [0.4, 0.5) is 0 Å². The van der Waals surface area contributed by atoms with Crippen LogP contribution >= 0.6 is 0 Å². The van der Waals surface area contributed by atoms with Gasteiger partial charge in [0.15, 0.2) is 12.1 Å². The highest BCUT2D eigenvalue weighted by atomic mass is 16.7. The van der Waals surface area contributed by atoms with Gasteiger partial charge < -0.3 is 19.3 Å². The average molecular weight is 529 g/mol. The second-order valence-corrected chi connectivity index (χ2v) is 12.6. The third-order valence-electron chi connectivity index (χ3n) is 10.3. The average Bonchev–Trinajstić information content (AvgIpc) is 3.31. The number of hydrogen-bond donors (Lipinski definition) is 1. The maximum absolute atomic E-state index is 14.6. The summed E-state index contributed by atoms with van der Waals surface area (Å²) in [5, 5.41) is 11.9. The third-order valence-corrected chi connectivity index (χ3v) is 10.3. The number of aliphatic hydroxyl groups excluding tert-OH is 1. The van der Waals surface area contributed by atoms with Gasteiger partial charge in [-0.1, -0.05) is 92.2 Å². The SMILES string of the molecule is C=C1CC[C@H](OCc2ccccc2)[C@@]2(C)C(=O)[C@@H](O)C3=C(C)CC[C@]4(O[C@H](c5ccccc5)O[C@H]4[C@H]12)C3(C)C. The number of benzene rings is 2. The van der Waals surface area contributed by atoms with Crippen molar-refractivity contribution in [3.8, 4) is 0 Å². The summed E-state index contributed by atoms with van der Waals surface area (Å²) in [7, 11) is 0. The lowest BCUT2D eigenvalue weighted by atomic mass is 9.48. The number of carbonyl (C=O) groups excluding carboxylic acids is 1. The van der Waals surface area contributed by atoms with Crippen molar-refractivity contribution < 1.29 is 24.1 Å². The zero-order valence-electron chi connectivity index (χ0n) is 23.5. The Labute approximate surface area is 231 Å². The van der Waals surface area contributed by atoms with E-state index in [1.165, 1.54) is 0 Å². The number of carbonyl (C=O) groups is 1. The number of Topliss-reactive ketones (excluding diaryl/α,β-unsaturated/α-hetero) is 1. The summed E-state index contributed by atoms with van der Waals surface area (Å²) < 4.78 is 20.6. The molecule has 5 nitrogen and oxygen atoms in total. The van der Waals surface area contributed by atoms with Crippen molar-refractivity contribution in [3.05, 3.63) is 95.1 Å². The van der Waals surface area contributed by atoms with E-state index in [4.69, 9.17) is 14.2 Å². The summed E-state index contributed by atoms with van der Waals surface area (Å²) in [5.74, 6) is -0.557. The highest BCUT2D eigenvalue weighted by Gasteiger charge is 2.71. The van der Waals surface area contributed by atoms with Crippen molar-refractivity contribution >= 4 is 5.78 Å². The number of hydrogen-bond acceptors (Lipinski definition) is 5. The van der Waals surface area contributed by atoms with E-state index in [1.807, 2.05) is 74.5 Å². The van der Waals surface area contributed by atoms with E-state index in [0.29, 0.717) is 13.0 Å². The second kappa shape index (κ2) is 9.52. The van der Waals surface area contributed by atoms with Crippen molar-refractivity contribution in [1.82, 2.24) is 0 Å². The van der Waals surface area contributed by atoms with Crippen molar-refractivity contribution in [2.24, 2.45) is 16.7 Å². The van der Waals surface area contributed by atoms with Crippen LogP contribution in [0.1, 0.15) is 70.8 Å². The summed E-state index contributed by atoms with van der Waals surface area (Å²) in [6, 6.07) is 20.1. The lowest BCUT2D eigenvalue weighted by Gasteiger charge is -2.59. The predicted octanol–water partition coefficient (Wildman–Crippen LogP) is 6.48. The molecule has 3 fully saturated rings. The van der Waals surface area contributed by atoms with Gasteiger partial charge in [0, 0.05) is 16.9 Å². The molecule has 206 valence electrons. The zero-order valence-corrected chi connectivity index (χ0v) is 23.5. The van der Waals surface area contributed by atoms with Gasteiger partial charge in [-0.25, -0.2) is 0 Å². The molecule has 1 saturated heterocycles. The topological polar surface area (TPSA) is 65.0 Å². The van der Waals surface area contributed by atoms with Crippen molar-refractivity contribution in [2.45, 2.75) is 90.2 Å². The number of rotatable bonds is 4. The first-order chi connectivity index (χ1) is 18.6. The fraction of sp³-hybridized carbons (Fsp3) is 0.500. The summed E-state index contributed by atoms with van der Waals surface area (Å²) in [6.45, 7) is 13.2. The summed E-state index contributed by atoms with van der Waals surface area (Å²) in [4.78, 5) is 14.6. The zero-order chi connectivity index (χ0) is 27.6. The van der Waals surface area contributed by atoms with Gasteiger partial charge in [-0.05, 0) is 50.7 Å². The maximum atomic E-state index is 14.6. The number of ketones is 1. The lowest BCUT2D eigenvalue weighted by Crippen LogP contribution is -2.68. The molecule has 7 atom stereocenters. The molecule has 0 amide bonds. The maximum Gasteiger partial charge on any atom is 0.185 e. The minimum Gasteiger partial charge on any atom is -0.381 e. The minimum atomic E-state index is -1.24. The molecule has 1 aliphatic heterocycles. The fourth-order valence-electron chi connectivity index (χ4n) is 8.18. The van der Waals surface area contributed by atoms with Gasteiger partial charge in [-0.2, -0.15) is 0 Å². The van der Waals surface area contributed by atoms with E-state index in [0.717, 1.165) is 47.1 Å². The van der Waals surface area contributed by atoms with Gasteiger partial charge in [0.1, 0.15) is 11.7 Å². The second-order valence-electron chi connectivity index (χ2n) is 12.6. The summed E-state index contributed by atoms with van der Waals surface area (Å²) in [5.41, 5.74) is 2.43. The van der Waals surface area contributed by atoms with Gasteiger partial charge in [0.2, 0.25) is 0 Å². The first kappa shape index (κ1) is 26.6. The molecule has 2 aromatic carbocycles. The first-order valence-electron chi connectivity index (χ1n) is 14.2. The molecular formula is C34H40O5. The Morgan fingerprint density at radius 3 is 2.38 bits per heavy atom. The van der Waals surface area contributed by atoms with Gasteiger partial charge in [-0.3, -0.25) is 4.79 Å². The van der Waals surface area contributed by atoms with Crippen LogP contribution in [0.15, 0.2) is 84.0 Å². The molecule has 6 rings (SSSR count). The first-order valence-corrected chi connectivity index (χ1v) is 14.2. The Kier molecular flexibility index (Phi) is 6.50. The van der Waals surface area contributed by atoms with Gasteiger partial charge in [0.25, 0.3) is 0 Å². The molecule has 5 heteroatoms. The molecule has 1 N–H and O–H groups in total. The highest BCUT2D eigenvalue weighted by Crippen LogP contribution is 2.65. The molecule has 4 aliphatic rings. The molecule has 0 unspecified atom stereocenters. The monoisotopic (exact) mass is 528 g/mol. The molecule has 1 heterocycles. The highest BCUT2D eigenvalue weighted by molar-refractivity contribution is 5.93. The number of fused-ring (bicyclic) bond motifs is 3. The van der Waals surface area contributed by atoms with Gasteiger partial charge >= 0.3 is 0 Å². The quantitative estimate of drug-likeness (QED) is 0.461. The smallest absolute Gasteiger partial charge is 0.185 e. The normalized spacial score (nSPS) is 37.6. The van der Waals surface area contributed by atoms with Crippen LogP contribution in [0.3, 0.4) is 0 Å². The summed E-state index contributed by atoms with van der Waals surface area (Å²) in [6.07, 6.45) is 0.279. The van der Waals surface area contributed by atoms with E-state index in [-0.39, 0.29) is 11.7 Å². The van der Waals surface area contributed by atoms with E-state index in [1.54, 1.807) is 0 Å². The van der Waals surface area contributed by atoms with Crippen LogP contribution < -0.4 is 0 Å². The standard InChI is InChI=1S/C34H40O5/c1-21-16-17-25(37-20-23-12-8-6-9-13-23)33(5)27(21)30-34(39-31(38-30)24-14-10-7-11-15-24)19-18-22(2)26(32(34,3)4)28(35)29(33)36/h6-15,25,27-28,30-31,35H,1,16-20H2,2-5H3/t25-,27-,28-,30-,31+,33+,34+/m0/s1. The fourth-order valence-corrected chi connectivity index (χ4v) is 8.18. The molecule has 3 aliphatic carbocycles. The Morgan fingerprint density at radius 1 is 1.03 bits per heavy atom. The van der Waals surface area contributed by atoms with Crippen LogP contribution in [-0.2, 0) is 25.6 Å².